The van der Waals surface area contributed by atoms with E-state index in [9.17, 15) is 0 Å². The molecule has 0 aromatic rings. The molecular weight excluding hydrogens is 206 g/mol. The molecule has 3 atom stereocenters. The summed E-state index contributed by atoms with van der Waals surface area (Å²) < 4.78 is 0. The largest absolute Gasteiger partial charge is 0.311 e. The minimum Gasteiger partial charge on any atom is -0.311 e. The molecule has 1 nitrogen and oxygen atoms in total. The van der Waals surface area contributed by atoms with Crippen LogP contribution in [-0.2, 0) is 0 Å². The first-order valence-electron chi connectivity index (χ1n) is 7.48. The van der Waals surface area contributed by atoms with Crippen molar-refractivity contribution in [2.24, 2.45) is 11.3 Å². The molecule has 17 heavy (non-hydrogen) atoms. The highest BCUT2D eigenvalue weighted by atomic mass is 15.0. The van der Waals surface area contributed by atoms with Crippen LogP contribution in [0.4, 0.5) is 0 Å². The van der Waals surface area contributed by atoms with Crippen molar-refractivity contribution in [1.82, 2.24) is 5.32 Å². The third-order valence-corrected chi connectivity index (χ3v) is 4.60. The van der Waals surface area contributed by atoms with Gasteiger partial charge in [0.1, 0.15) is 0 Å². The fourth-order valence-electron chi connectivity index (χ4n) is 3.61. The molecule has 2 aliphatic rings. The number of hydrogen-bond acceptors (Lipinski definition) is 1. The molecule has 0 saturated heterocycles. The van der Waals surface area contributed by atoms with Gasteiger partial charge in [-0.15, -0.1) is 0 Å². The van der Waals surface area contributed by atoms with Crippen molar-refractivity contribution in [3.8, 4) is 0 Å². The van der Waals surface area contributed by atoms with Gasteiger partial charge in [0.05, 0.1) is 0 Å². The maximum atomic E-state index is 3.96. The van der Waals surface area contributed by atoms with Crippen molar-refractivity contribution in [3.05, 3.63) is 12.2 Å². The summed E-state index contributed by atoms with van der Waals surface area (Å²) in [6.07, 6.45) is 14.2. The highest BCUT2D eigenvalue weighted by Crippen LogP contribution is 2.38. The molecule has 2 rings (SSSR count). The lowest BCUT2D eigenvalue weighted by molar-refractivity contribution is 0.121. The van der Waals surface area contributed by atoms with E-state index in [1.165, 1.54) is 44.9 Å². The number of rotatable bonds is 2. The van der Waals surface area contributed by atoms with Crippen LogP contribution in [0.1, 0.15) is 65.7 Å². The summed E-state index contributed by atoms with van der Waals surface area (Å²) in [4.78, 5) is 0. The Hall–Kier alpha value is -0.300. The van der Waals surface area contributed by atoms with E-state index in [0.29, 0.717) is 5.41 Å². The molecule has 3 unspecified atom stereocenters. The summed E-state index contributed by atoms with van der Waals surface area (Å²) in [5.41, 5.74) is 0.461. The highest BCUT2D eigenvalue weighted by molar-refractivity contribution is 4.96. The molecule has 0 aliphatic heterocycles. The van der Waals surface area contributed by atoms with Crippen molar-refractivity contribution in [1.29, 1.82) is 0 Å². The summed E-state index contributed by atoms with van der Waals surface area (Å²) in [5, 5.41) is 3.96. The van der Waals surface area contributed by atoms with Gasteiger partial charge in [0, 0.05) is 12.1 Å². The molecule has 0 aromatic carbocycles. The lowest BCUT2D eigenvalue weighted by atomic mass is 9.69. The van der Waals surface area contributed by atoms with E-state index in [0.717, 1.165) is 18.0 Å². The van der Waals surface area contributed by atoms with Crippen LogP contribution in [0.15, 0.2) is 12.2 Å². The van der Waals surface area contributed by atoms with Crippen molar-refractivity contribution in [2.45, 2.75) is 77.8 Å². The maximum absolute atomic E-state index is 3.96. The molecule has 0 aromatic heterocycles. The Morgan fingerprint density at radius 2 is 1.76 bits per heavy atom. The van der Waals surface area contributed by atoms with Crippen LogP contribution in [-0.4, -0.2) is 12.1 Å². The Morgan fingerprint density at radius 1 is 1.00 bits per heavy atom. The molecule has 1 heteroatoms. The highest BCUT2D eigenvalue weighted by Gasteiger charge is 2.34. The second-order valence-electron chi connectivity index (χ2n) is 7.01. The standard InChI is InChI=1S/C16H29N/c1-16(2,3)14-11-7-8-12-15(14)17-13-9-5-4-6-10-13/h4-5,13-15,17H,6-12H2,1-3H3. The molecular formula is C16H29N. The summed E-state index contributed by atoms with van der Waals surface area (Å²) in [7, 11) is 0. The predicted molar refractivity (Wildman–Crippen MR) is 75.1 cm³/mol. The Labute approximate surface area is 107 Å². The fraction of sp³-hybridized carbons (Fsp3) is 0.875. The van der Waals surface area contributed by atoms with E-state index in [4.69, 9.17) is 0 Å². The van der Waals surface area contributed by atoms with Gasteiger partial charge in [-0.25, -0.2) is 0 Å². The van der Waals surface area contributed by atoms with Crippen LogP contribution in [0.2, 0.25) is 0 Å². The molecule has 98 valence electrons. The average molecular weight is 235 g/mol. The number of nitrogens with one attached hydrogen (secondary N) is 1. The molecule has 1 N–H and O–H groups in total. The zero-order valence-electron chi connectivity index (χ0n) is 11.8. The summed E-state index contributed by atoms with van der Waals surface area (Å²) in [5.74, 6) is 0.863. The van der Waals surface area contributed by atoms with Crippen LogP contribution >= 0.6 is 0 Å². The summed E-state index contributed by atoms with van der Waals surface area (Å²) in [6, 6.07) is 1.51. The predicted octanol–water partition coefficient (Wildman–Crippen LogP) is 4.29. The Morgan fingerprint density at radius 3 is 2.41 bits per heavy atom. The van der Waals surface area contributed by atoms with Gasteiger partial charge in [-0.2, -0.15) is 0 Å². The third-order valence-electron chi connectivity index (χ3n) is 4.60. The van der Waals surface area contributed by atoms with Crippen molar-refractivity contribution in [2.75, 3.05) is 0 Å². The SMILES string of the molecule is CC(C)(C)C1CCCCC1NC1CC=CCC1. The van der Waals surface area contributed by atoms with Crippen LogP contribution in [0.3, 0.4) is 0 Å². The van der Waals surface area contributed by atoms with Crippen molar-refractivity contribution in [3.63, 3.8) is 0 Å². The average Bonchev–Trinajstić information content (AvgIpc) is 2.30. The first-order chi connectivity index (χ1) is 8.07. The molecule has 1 fully saturated rings. The van der Waals surface area contributed by atoms with Gasteiger partial charge < -0.3 is 5.32 Å². The summed E-state index contributed by atoms with van der Waals surface area (Å²) >= 11 is 0. The Kier molecular flexibility index (Phi) is 4.30. The zero-order valence-corrected chi connectivity index (χ0v) is 11.8. The first-order valence-corrected chi connectivity index (χ1v) is 7.48. The second kappa shape index (κ2) is 5.56. The topological polar surface area (TPSA) is 12.0 Å². The van der Waals surface area contributed by atoms with E-state index in [1.807, 2.05) is 0 Å². The Balaban J connectivity index is 1.94. The van der Waals surface area contributed by atoms with Gasteiger partial charge in [-0.3, -0.25) is 0 Å². The van der Waals surface area contributed by atoms with Crippen molar-refractivity contribution >= 4 is 0 Å². The normalized spacial score (nSPS) is 34.9. The first kappa shape index (κ1) is 13.1. The van der Waals surface area contributed by atoms with Crippen LogP contribution in [0, 0.1) is 11.3 Å². The minimum absolute atomic E-state index is 0.461. The minimum atomic E-state index is 0.461. The molecule has 0 bridgehead atoms. The van der Waals surface area contributed by atoms with Gasteiger partial charge in [0.25, 0.3) is 0 Å². The van der Waals surface area contributed by atoms with Crippen LogP contribution in [0.25, 0.3) is 0 Å². The molecule has 0 heterocycles. The van der Waals surface area contributed by atoms with Gasteiger partial charge in [0.15, 0.2) is 0 Å². The summed E-state index contributed by atoms with van der Waals surface area (Å²) in [6.45, 7) is 7.25. The van der Waals surface area contributed by atoms with Gasteiger partial charge in [-0.1, -0.05) is 45.8 Å². The monoisotopic (exact) mass is 235 g/mol. The number of allylic oxidation sites excluding steroid dienone is 1. The lowest BCUT2D eigenvalue weighted by Crippen LogP contribution is -2.48. The molecule has 0 amide bonds. The molecule has 2 aliphatic carbocycles. The van der Waals surface area contributed by atoms with E-state index in [-0.39, 0.29) is 0 Å². The van der Waals surface area contributed by atoms with E-state index in [2.05, 4.69) is 38.2 Å². The van der Waals surface area contributed by atoms with E-state index in [1.54, 1.807) is 0 Å². The Bertz CT molecular complexity index is 261. The zero-order chi connectivity index (χ0) is 12.3. The van der Waals surface area contributed by atoms with Crippen molar-refractivity contribution < 1.29 is 0 Å². The smallest absolute Gasteiger partial charge is 0.0107 e. The van der Waals surface area contributed by atoms with E-state index >= 15 is 0 Å². The van der Waals surface area contributed by atoms with Gasteiger partial charge in [-0.05, 0) is 43.4 Å². The molecule has 0 spiro atoms. The van der Waals surface area contributed by atoms with Crippen LogP contribution < -0.4 is 5.32 Å². The third kappa shape index (κ3) is 3.58. The lowest BCUT2D eigenvalue weighted by Gasteiger charge is -2.42. The van der Waals surface area contributed by atoms with Gasteiger partial charge >= 0.3 is 0 Å². The molecule has 0 radical (unpaired) electrons. The number of hydrogen-bond donors (Lipinski definition) is 1. The van der Waals surface area contributed by atoms with Gasteiger partial charge in [0.2, 0.25) is 0 Å². The fourth-order valence-corrected chi connectivity index (χ4v) is 3.61. The van der Waals surface area contributed by atoms with Crippen LogP contribution in [0.5, 0.6) is 0 Å². The second-order valence-corrected chi connectivity index (χ2v) is 7.01. The maximum Gasteiger partial charge on any atom is 0.0107 e. The molecule has 1 saturated carbocycles. The van der Waals surface area contributed by atoms with E-state index < -0.39 is 0 Å². The quantitative estimate of drug-likeness (QED) is 0.704.